The van der Waals surface area contributed by atoms with Gasteiger partial charge < -0.3 is 28.9 Å². The van der Waals surface area contributed by atoms with E-state index in [1.54, 1.807) is 0 Å². The first kappa shape index (κ1) is 52.8. The van der Waals surface area contributed by atoms with Gasteiger partial charge in [0.05, 0.1) is 0 Å². The van der Waals surface area contributed by atoms with Crippen LogP contribution in [0.2, 0.25) is 39.3 Å². The van der Waals surface area contributed by atoms with E-state index < -0.39 is 16.5 Å². The Hall–Kier alpha value is -0.0414. The molecule has 0 aliphatic heterocycles. The van der Waals surface area contributed by atoms with Crippen LogP contribution < -0.4 is 0 Å². The molecule has 0 N–H and O–H groups in total. The zero-order chi connectivity index (χ0) is 35.1. The molecule has 0 saturated heterocycles. The summed E-state index contributed by atoms with van der Waals surface area (Å²) in [5, 5.41) is 0. The van der Waals surface area contributed by atoms with Crippen LogP contribution in [-0.4, -0.2) is 173 Å². The van der Waals surface area contributed by atoms with Gasteiger partial charge in [0.25, 0.3) is 0 Å². The number of hydrogen-bond acceptors (Lipinski definition) is 7. The molecular weight excluding hydrogens is 588 g/mol. The molecule has 7 nitrogen and oxygen atoms in total. The van der Waals surface area contributed by atoms with Crippen LogP contribution in [0.3, 0.4) is 0 Å². The van der Waals surface area contributed by atoms with Crippen molar-refractivity contribution in [2.45, 2.75) is 93.7 Å². The van der Waals surface area contributed by atoms with Gasteiger partial charge in [0.15, 0.2) is 16.5 Å². The molecule has 0 atom stereocenters. The third-order valence-electron chi connectivity index (χ3n) is 6.22. The van der Waals surface area contributed by atoms with Crippen LogP contribution in [0.15, 0.2) is 27.5 Å². The molecule has 2 radical (unpaired) electrons. The van der Waals surface area contributed by atoms with Crippen LogP contribution in [0.1, 0.15) is 52.9 Å². The van der Waals surface area contributed by atoms with Gasteiger partial charge in [-0.1, -0.05) is 47.6 Å². The fourth-order valence-electron chi connectivity index (χ4n) is 3.62. The maximum atomic E-state index is 5.15. The van der Waals surface area contributed by atoms with Crippen molar-refractivity contribution >= 4 is 65.6 Å². The molecule has 1 aromatic heterocycles. The molecule has 0 aliphatic carbocycles. The molecule has 0 bridgehead atoms. The Morgan fingerprint density at radius 2 is 0.783 bits per heavy atom. The van der Waals surface area contributed by atoms with E-state index in [9.17, 15) is 0 Å². The van der Waals surface area contributed by atoms with E-state index in [4.69, 9.17) is 14.3 Å². The first-order valence-corrected chi connectivity index (χ1v) is 23.2. The predicted octanol–water partition coefficient (Wildman–Crippen LogP) is 6.27. The summed E-state index contributed by atoms with van der Waals surface area (Å²) in [6, 6.07) is 6.42. The summed E-state index contributed by atoms with van der Waals surface area (Å²) in [5.41, 5.74) is 4.89. The number of pyridine rings is 1. The van der Waals surface area contributed by atoms with Crippen LogP contribution in [0.4, 0.5) is 0 Å². The van der Waals surface area contributed by atoms with Gasteiger partial charge in [0, 0.05) is 99.6 Å². The second-order valence-corrected chi connectivity index (χ2v) is 26.3. The van der Waals surface area contributed by atoms with Crippen molar-refractivity contribution in [3.63, 3.8) is 0 Å². The summed E-state index contributed by atoms with van der Waals surface area (Å²) in [5.74, 6) is 0. The average Bonchev–Trinajstić information content (AvgIpc) is 2.79. The van der Waals surface area contributed by atoms with Crippen molar-refractivity contribution in [1.82, 2.24) is 24.6 Å². The van der Waals surface area contributed by atoms with Gasteiger partial charge in [-0.05, 0) is 119 Å². The second kappa shape index (κ2) is 24.2. The first-order chi connectivity index (χ1) is 19.6. The molecule has 46 heavy (non-hydrogen) atoms. The Labute approximate surface area is 314 Å². The number of rotatable bonds is 12. The Morgan fingerprint density at radius 3 is 0.957 bits per heavy atom. The van der Waals surface area contributed by atoms with Crippen molar-refractivity contribution in [2.24, 2.45) is 20.1 Å². The molecule has 0 aliphatic rings. The van der Waals surface area contributed by atoms with Crippen molar-refractivity contribution in [3.8, 4) is 0 Å². The van der Waals surface area contributed by atoms with Crippen molar-refractivity contribution < 1.29 is 0 Å². The monoisotopic (exact) mass is 664 g/mol. The minimum atomic E-state index is -1.53. The maximum Gasteiger partial charge on any atom is 0.172 e. The molecule has 1 rings (SSSR count). The summed E-state index contributed by atoms with van der Waals surface area (Å²) in [4.78, 5) is 13.7. The SMILES string of the molecule is CC(C)(C)/C(Cc1cccc(C/C(=N/[Si](C)(C)C)C(C)(C)C)n1)=N\[Si](C)(C)C.CN(C)CCN(C)C.CN(C)CCN(C)C.[Li].[Li]. The molecule has 1 heterocycles. The number of likely N-dealkylation sites (N-methyl/N-ethyl adjacent to an activating group) is 4. The van der Waals surface area contributed by atoms with Crippen molar-refractivity contribution in [2.75, 3.05) is 82.6 Å². The fraction of sp³-hybridized carbons (Fsp3) is 0.800. The topological polar surface area (TPSA) is 50.6 Å². The zero-order valence-corrected chi connectivity index (χ0v) is 37.1. The van der Waals surface area contributed by atoms with Crippen molar-refractivity contribution in [3.05, 3.63) is 29.6 Å². The van der Waals surface area contributed by atoms with Gasteiger partial charge in [-0.25, -0.2) is 0 Å². The number of nitrogens with zero attached hydrogens (tertiary/aromatic N) is 7. The Kier molecular flexibility index (Phi) is 27.7. The molecule has 0 fully saturated rings. The van der Waals surface area contributed by atoms with Crippen molar-refractivity contribution in [1.29, 1.82) is 0 Å². The van der Waals surface area contributed by atoms with E-state index >= 15 is 0 Å². The quantitative estimate of drug-likeness (QED) is 0.195. The van der Waals surface area contributed by atoms with E-state index in [0.717, 1.165) is 50.4 Å². The fourth-order valence-corrected chi connectivity index (χ4v) is 6.07. The molecule has 0 spiro atoms. The maximum absolute atomic E-state index is 5.15. The summed E-state index contributed by atoms with van der Waals surface area (Å²) < 4.78 is 10.3. The van der Waals surface area contributed by atoms with Crippen LogP contribution in [-0.2, 0) is 12.8 Å². The third-order valence-corrected chi connectivity index (χ3v) is 8.10. The van der Waals surface area contributed by atoms with Gasteiger partial charge in [-0.2, -0.15) is 0 Å². The molecule has 0 amide bonds. The zero-order valence-electron chi connectivity index (χ0n) is 35.1. The molecular formula is C35H75Li2N7Si2. The van der Waals surface area contributed by atoms with E-state index in [0.29, 0.717) is 0 Å². The summed E-state index contributed by atoms with van der Waals surface area (Å²) in [7, 11) is 13.6. The largest absolute Gasteiger partial charge is 0.329 e. The Balaban J connectivity index is -0.000000404. The van der Waals surface area contributed by atoms with E-state index in [1.165, 1.54) is 11.4 Å². The Bertz CT molecular complexity index is 893. The van der Waals surface area contributed by atoms with Crippen LogP contribution >= 0.6 is 0 Å². The summed E-state index contributed by atoms with van der Waals surface area (Å²) >= 11 is 0. The van der Waals surface area contributed by atoms with Crippen LogP contribution in [0, 0.1) is 10.8 Å². The van der Waals surface area contributed by atoms with E-state index in [-0.39, 0.29) is 48.6 Å². The number of aromatic nitrogens is 1. The standard InChI is InChI=1S/C23H43N3Si2.2C6H16N2.2Li/c1-22(2,3)20(25-27(7,8)9)16-18-14-13-15-19(24-18)17-21(23(4,5)6)26-28(10,11)12;2*1-7(2)5-6-8(3)4;;/h13-15H,16-17H2,1-12H3;2*5-6H2,1-4H3;;/b25-20-,26-21-;;;;. The smallest absolute Gasteiger partial charge is 0.172 e. The second-order valence-electron chi connectivity index (χ2n) is 17.1. The predicted molar refractivity (Wildman–Crippen MR) is 218 cm³/mol. The average molecular weight is 664 g/mol. The normalized spacial score (nSPS) is 13.1. The van der Waals surface area contributed by atoms with Gasteiger partial charge >= 0.3 is 0 Å². The van der Waals surface area contributed by atoms with Gasteiger partial charge in [0.2, 0.25) is 0 Å². The van der Waals surface area contributed by atoms with Crippen LogP contribution in [0.5, 0.6) is 0 Å². The molecule has 260 valence electrons. The Morgan fingerprint density at radius 1 is 0.543 bits per heavy atom. The third kappa shape index (κ3) is 32.5. The van der Waals surface area contributed by atoms with Crippen LogP contribution in [0.25, 0.3) is 0 Å². The minimum Gasteiger partial charge on any atom is -0.329 e. The summed E-state index contributed by atoms with van der Waals surface area (Å²) in [6.45, 7) is 31.9. The molecule has 11 heteroatoms. The molecule has 1 aromatic rings. The number of hydrogen-bond donors (Lipinski definition) is 0. The van der Waals surface area contributed by atoms with Gasteiger partial charge in [-0.3, -0.25) is 4.98 Å². The van der Waals surface area contributed by atoms with Gasteiger partial charge in [-0.15, -0.1) is 0 Å². The minimum absolute atomic E-state index is 0. The van der Waals surface area contributed by atoms with E-state index in [2.05, 4.69) is 175 Å². The molecule has 0 aromatic carbocycles. The van der Waals surface area contributed by atoms with E-state index in [1.807, 2.05) is 0 Å². The first-order valence-electron chi connectivity index (χ1n) is 16.3. The molecule has 0 unspecified atom stereocenters. The summed E-state index contributed by atoms with van der Waals surface area (Å²) in [6.07, 6.45) is 1.66. The molecule has 0 saturated carbocycles. The van der Waals surface area contributed by atoms with Gasteiger partial charge in [0.1, 0.15) is 0 Å².